The smallest absolute Gasteiger partial charge is 0.243 e. The number of hydrogen-bond acceptors (Lipinski definition) is 4. The molecule has 1 aliphatic heterocycles. The van der Waals surface area contributed by atoms with E-state index in [0.29, 0.717) is 11.4 Å². The second-order valence-electron chi connectivity index (χ2n) is 6.75. The van der Waals surface area contributed by atoms with Crippen molar-refractivity contribution in [2.75, 3.05) is 25.5 Å². The van der Waals surface area contributed by atoms with Crippen LogP contribution < -0.4 is 4.90 Å². The van der Waals surface area contributed by atoms with Crippen LogP contribution in [-0.2, 0) is 10.0 Å². The molecule has 0 spiro atoms. The van der Waals surface area contributed by atoms with E-state index in [9.17, 15) is 8.42 Å². The molecule has 0 aliphatic carbocycles. The van der Waals surface area contributed by atoms with E-state index < -0.39 is 10.0 Å². The van der Waals surface area contributed by atoms with E-state index in [1.807, 2.05) is 50.2 Å². The Morgan fingerprint density at radius 2 is 1.84 bits per heavy atom. The highest BCUT2D eigenvalue weighted by Gasteiger charge is 2.35. The number of benzene rings is 1. The Balaban J connectivity index is 2.03. The normalized spacial score (nSPS) is 18.9. The number of pyridine rings is 1. The Morgan fingerprint density at radius 3 is 2.52 bits per heavy atom. The van der Waals surface area contributed by atoms with Gasteiger partial charge in [-0.15, -0.1) is 0 Å². The van der Waals surface area contributed by atoms with Crippen LogP contribution in [0.3, 0.4) is 0 Å². The van der Waals surface area contributed by atoms with Crippen LogP contribution >= 0.6 is 0 Å². The summed E-state index contributed by atoms with van der Waals surface area (Å²) in [5.74, 6) is 0.832. The lowest BCUT2D eigenvalue weighted by molar-refractivity contribution is 0.256. The van der Waals surface area contributed by atoms with Crippen LogP contribution in [0.2, 0.25) is 0 Å². The zero-order chi connectivity index (χ0) is 18.0. The molecule has 6 heteroatoms. The standard InChI is InChI=1S/C19H25N3O2S/c1-15-9-11-16(12-10-15)25(23,24)22-14-5-4-8-18(22)17-7-6-13-20-19(17)21(2)3/h6-7,9-13,18H,4-5,8,14H2,1-3H3/t18-/m1/s1. The van der Waals surface area contributed by atoms with E-state index in [-0.39, 0.29) is 6.04 Å². The molecule has 1 fully saturated rings. The lowest BCUT2D eigenvalue weighted by Gasteiger charge is -2.36. The second kappa shape index (κ2) is 7.14. The van der Waals surface area contributed by atoms with Gasteiger partial charge in [-0.25, -0.2) is 13.4 Å². The fourth-order valence-corrected chi connectivity index (χ4v) is 5.07. The van der Waals surface area contributed by atoms with Crippen LogP contribution in [0.5, 0.6) is 0 Å². The number of aromatic nitrogens is 1. The van der Waals surface area contributed by atoms with E-state index in [1.165, 1.54) is 0 Å². The molecule has 25 heavy (non-hydrogen) atoms. The molecule has 5 nitrogen and oxygen atoms in total. The van der Waals surface area contributed by atoms with Crippen LogP contribution in [0.1, 0.15) is 36.4 Å². The fraction of sp³-hybridized carbons (Fsp3) is 0.421. The third-order valence-corrected chi connectivity index (χ3v) is 6.60. The van der Waals surface area contributed by atoms with Crippen molar-refractivity contribution >= 4 is 15.8 Å². The van der Waals surface area contributed by atoms with Crippen LogP contribution in [0.4, 0.5) is 5.82 Å². The number of piperidine rings is 1. The molecule has 0 bridgehead atoms. The van der Waals surface area contributed by atoms with Crippen molar-refractivity contribution in [1.29, 1.82) is 0 Å². The molecule has 1 aliphatic rings. The Morgan fingerprint density at radius 1 is 1.12 bits per heavy atom. The summed E-state index contributed by atoms with van der Waals surface area (Å²) in [6.07, 6.45) is 4.48. The molecule has 1 aromatic carbocycles. The lowest BCUT2D eigenvalue weighted by atomic mass is 9.98. The summed E-state index contributed by atoms with van der Waals surface area (Å²) < 4.78 is 28.2. The number of hydrogen-bond donors (Lipinski definition) is 0. The van der Waals surface area contributed by atoms with E-state index in [0.717, 1.165) is 36.2 Å². The number of anilines is 1. The Hall–Kier alpha value is -1.92. The molecule has 1 saturated heterocycles. The van der Waals surface area contributed by atoms with E-state index in [1.54, 1.807) is 22.6 Å². The maximum Gasteiger partial charge on any atom is 0.243 e. The predicted molar refractivity (Wildman–Crippen MR) is 100 cm³/mol. The summed E-state index contributed by atoms with van der Waals surface area (Å²) >= 11 is 0. The summed E-state index contributed by atoms with van der Waals surface area (Å²) in [5, 5.41) is 0. The minimum atomic E-state index is -3.53. The molecule has 0 radical (unpaired) electrons. The van der Waals surface area contributed by atoms with Crippen molar-refractivity contribution < 1.29 is 8.42 Å². The zero-order valence-electron chi connectivity index (χ0n) is 15.0. The summed E-state index contributed by atoms with van der Waals surface area (Å²) in [5.41, 5.74) is 2.03. The molecule has 1 aromatic heterocycles. The van der Waals surface area contributed by atoms with Crippen LogP contribution in [0.15, 0.2) is 47.5 Å². The Labute approximate surface area is 150 Å². The highest BCUT2D eigenvalue weighted by Crippen LogP contribution is 2.38. The van der Waals surface area contributed by atoms with Gasteiger partial charge in [-0.1, -0.05) is 30.2 Å². The van der Waals surface area contributed by atoms with Crippen molar-refractivity contribution in [3.8, 4) is 0 Å². The SMILES string of the molecule is Cc1ccc(S(=O)(=O)N2CCCC[C@@H]2c2cccnc2N(C)C)cc1. The molecule has 0 unspecified atom stereocenters. The van der Waals surface area contributed by atoms with Gasteiger partial charge in [0, 0.05) is 32.4 Å². The Kier molecular flexibility index (Phi) is 5.11. The zero-order valence-corrected chi connectivity index (χ0v) is 15.8. The first-order valence-corrected chi connectivity index (χ1v) is 10.1. The summed E-state index contributed by atoms with van der Waals surface area (Å²) in [6.45, 7) is 2.50. The number of rotatable bonds is 4. The molecule has 134 valence electrons. The topological polar surface area (TPSA) is 53.5 Å². The van der Waals surface area contributed by atoms with Crippen LogP contribution in [0.25, 0.3) is 0 Å². The van der Waals surface area contributed by atoms with Crippen molar-refractivity contribution in [3.05, 3.63) is 53.7 Å². The predicted octanol–water partition coefficient (Wildman–Crippen LogP) is 3.37. The highest BCUT2D eigenvalue weighted by atomic mass is 32.2. The van der Waals surface area contributed by atoms with E-state index in [2.05, 4.69) is 4.98 Å². The van der Waals surface area contributed by atoms with Gasteiger partial charge in [-0.2, -0.15) is 4.31 Å². The summed E-state index contributed by atoms with van der Waals surface area (Å²) in [6, 6.07) is 10.8. The molecule has 0 amide bonds. The van der Waals surface area contributed by atoms with Gasteiger partial charge in [-0.05, 0) is 38.0 Å². The Bertz CT molecular complexity index is 832. The fourth-order valence-electron chi connectivity index (χ4n) is 3.39. The highest BCUT2D eigenvalue weighted by molar-refractivity contribution is 7.89. The van der Waals surface area contributed by atoms with Crippen molar-refractivity contribution in [2.24, 2.45) is 0 Å². The van der Waals surface area contributed by atoms with Crippen molar-refractivity contribution in [1.82, 2.24) is 9.29 Å². The van der Waals surface area contributed by atoms with Gasteiger partial charge in [0.1, 0.15) is 5.82 Å². The maximum absolute atomic E-state index is 13.3. The van der Waals surface area contributed by atoms with Crippen LogP contribution in [0, 0.1) is 6.92 Å². The lowest BCUT2D eigenvalue weighted by Crippen LogP contribution is -2.39. The molecule has 1 atom stereocenters. The molecule has 0 N–H and O–H groups in total. The first-order chi connectivity index (χ1) is 11.9. The number of aryl methyl sites for hydroxylation is 1. The molecule has 0 saturated carbocycles. The van der Waals surface area contributed by atoms with Gasteiger partial charge in [0.25, 0.3) is 0 Å². The first kappa shape index (κ1) is 17.9. The number of nitrogens with zero attached hydrogens (tertiary/aromatic N) is 3. The van der Waals surface area contributed by atoms with Gasteiger partial charge >= 0.3 is 0 Å². The average Bonchev–Trinajstić information content (AvgIpc) is 2.62. The summed E-state index contributed by atoms with van der Waals surface area (Å²) in [4.78, 5) is 6.77. The van der Waals surface area contributed by atoms with Crippen molar-refractivity contribution in [3.63, 3.8) is 0 Å². The molecule has 2 heterocycles. The quantitative estimate of drug-likeness (QED) is 0.840. The summed E-state index contributed by atoms with van der Waals surface area (Å²) in [7, 11) is 0.344. The molecule has 2 aromatic rings. The second-order valence-corrected chi connectivity index (χ2v) is 8.64. The molecular weight excluding hydrogens is 334 g/mol. The van der Waals surface area contributed by atoms with Gasteiger partial charge in [0.05, 0.1) is 10.9 Å². The van der Waals surface area contributed by atoms with E-state index in [4.69, 9.17) is 0 Å². The molecule has 3 rings (SSSR count). The van der Waals surface area contributed by atoms with Gasteiger partial charge in [-0.3, -0.25) is 0 Å². The maximum atomic E-state index is 13.3. The first-order valence-electron chi connectivity index (χ1n) is 8.62. The third-order valence-electron chi connectivity index (χ3n) is 4.68. The minimum absolute atomic E-state index is 0.175. The van der Waals surface area contributed by atoms with Gasteiger partial charge in [0.2, 0.25) is 10.0 Å². The number of sulfonamides is 1. The van der Waals surface area contributed by atoms with Crippen molar-refractivity contribution in [2.45, 2.75) is 37.1 Å². The average molecular weight is 359 g/mol. The monoisotopic (exact) mass is 359 g/mol. The third kappa shape index (κ3) is 3.55. The largest absolute Gasteiger partial charge is 0.362 e. The van der Waals surface area contributed by atoms with Gasteiger partial charge in [0.15, 0.2) is 0 Å². The minimum Gasteiger partial charge on any atom is -0.362 e. The van der Waals surface area contributed by atoms with E-state index >= 15 is 0 Å². The molecular formula is C19H25N3O2S. The van der Waals surface area contributed by atoms with Crippen LogP contribution in [-0.4, -0.2) is 38.3 Å². The van der Waals surface area contributed by atoms with Gasteiger partial charge < -0.3 is 4.90 Å².